The zero-order valence-electron chi connectivity index (χ0n) is 10.5. The lowest BCUT2D eigenvalue weighted by molar-refractivity contribution is 0.0684. The van der Waals surface area contributed by atoms with Crippen LogP contribution in [0.25, 0.3) is 0 Å². The van der Waals surface area contributed by atoms with Crippen LogP contribution in [-0.4, -0.2) is 60.5 Å². The van der Waals surface area contributed by atoms with Crippen LogP contribution in [0.3, 0.4) is 0 Å². The van der Waals surface area contributed by atoms with Gasteiger partial charge in [-0.2, -0.15) is 0 Å². The molecule has 104 valence electrons. The fraction of sp³-hybridized carbons (Fsp3) is 0.462. The number of benzene rings is 1. The first-order valence-electron chi connectivity index (χ1n) is 6.17. The summed E-state index contributed by atoms with van der Waals surface area (Å²) in [6.45, 7) is 1.05. The summed E-state index contributed by atoms with van der Waals surface area (Å²) in [4.78, 5) is 13.6. The summed E-state index contributed by atoms with van der Waals surface area (Å²) in [5.74, 6) is 0.920. The van der Waals surface area contributed by atoms with E-state index in [0.717, 1.165) is 0 Å². The van der Waals surface area contributed by atoms with Crippen LogP contribution in [0.1, 0.15) is 10.4 Å². The number of nitrogens with zero attached hydrogens (tertiary/aromatic N) is 1. The van der Waals surface area contributed by atoms with Gasteiger partial charge in [0.2, 0.25) is 0 Å². The average molecular weight is 267 g/mol. The Morgan fingerprint density at radius 3 is 2.37 bits per heavy atom. The van der Waals surface area contributed by atoms with Crippen LogP contribution >= 0.6 is 0 Å². The normalized spacial score (nSPS) is 13.2. The van der Waals surface area contributed by atoms with Gasteiger partial charge in [0.05, 0.1) is 13.2 Å². The lowest BCUT2D eigenvalue weighted by Crippen LogP contribution is -2.35. The van der Waals surface area contributed by atoms with Crippen LogP contribution in [0.2, 0.25) is 0 Å². The first-order chi connectivity index (χ1) is 9.26. The number of rotatable bonds is 5. The predicted octanol–water partition coefficient (Wildman–Crippen LogP) is -0.115. The van der Waals surface area contributed by atoms with Crippen molar-refractivity contribution in [3.8, 4) is 11.5 Å². The number of aliphatic hydroxyl groups is 2. The van der Waals surface area contributed by atoms with Crippen LogP contribution in [0.5, 0.6) is 11.5 Å². The van der Waals surface area contributed by atoms with E-state index in [2.05, 4.69) is 0 Å². The number of hydrogen-bond donors (Lipinski definition) is 2. The van der Waals surface area contributed by atoms with Gasteiger partial charge in [-0.1, -0.05) is 0 Å². The van der Waals surface area contributed by atoms with Gasteiger partial charge in [-0.3, -0.25) is 4.79 Å². The Labute approximate surface area is 111 Å². The van der Waals surface area contributed by atoms with Gasteiger partial charge in [-0.05, 0) is 18.2 Å². The van der Waals surface area contributed by atoms with Crippen LogP contribution in [-0.2, 0) is 0 Å². The summed E-state index contributed by atoms with van der Waals surface area (Å²) in [5, 5.41) is 17.9. The Bertz CT molecular complexity index is 443. The molecule has 1 aromatic rings. The first-order valence-corrected chi connectivity index (χ1v) is 6.17. The second-order valence-electron chi connectivity index (χ2n) is 4.10. The summed E-state index contributed by atoms with van der Waals surface area (Å²) in [5.41, 5.74) is 0.450. The largest absolute Gasteiger partial charge is 0.486 e. The van der Waals surface area contributed by atoms with Crippen molar-refractivity contribution in [3.63, 3.8) is 0 Å². The van der Waals surface area contributed by atoms with Crippen molar-refractivity contribution in [3.05, 3.63) is 23.8 Å². The zero-order valence-corrected chi connectivity index (χ0v) is 10.5. The summed E-state index contributed by atoms with van der Waals surface area (Å²) in [6.07, 6.45) is 0. The standard InChI is InChI=1S/C13H17NO5/c15-5-3-14(4-6-16)13(17)10-1-2-11-12(9-10)19-8-7-18-11/h1-2,9,15-16H,3-8H2. The van der Waals surface area contributed by atoms with E-state index in [1.807, 2.05) is 0 Å². The molecule has 1 amide bonds. The number of fused-ring (bicyclic) bond motifs is 1. The molecule has 0 saturated heterocycles. The van der Waals surface area contributed by atoms with Crippen molar-refractivity contribution >= 4 is 5.91 Å². The molecule has 6 heteroatoms. The van der Waals surface area contributed by atoms with Gasteiger partial charge >= 0.3 is 0 Å². The van der Waals surface area contributed by atoms with Crippen LogP contribution in [0, 0.1) is 0 Å². The molecule has 1 aliphatic rings. The summed E-state index contributed by atoms with van der Waals surface area (Å²) >= 11 is 0. The highest BCUT2D eigenvalue weighted by Crippen LogP contribution is 2.31. The van der Waals surface area contributed by atoms with E-state index < -0.39 is 0 Å². The molecular formula is C13H17NO5. The van der Waals surface area contributed by atoms with Gasteiger partial charge in [-0.15, -0.1) is 0 Å². The van der Waals surface area contributed by atoms with Crippen molar-refractivity contribution in [2.45, 2.75) is 0 Å². The highest BCUT2D eigenvalue weighted by Gasteiger charge is 2.18. The van der Waals surface area contributed by atoms with E-state index in [4.69, 9.17) is 19.7 Å². The van der Waals surface area contributed by atoms with Crippen molar-refractivity contribution in [2.24, 2.45) is 0 Å². The summed E-state index contributed by atoms with van der Waals surface area (Å²) in [7, 11) is 0. The maximum absolute atomic E-state index is 12.2. The van der Waals surface area contributed by atoms with Gasteiger partial charge in [0.15, 0.2) is 11.5 Å². The van der Waals surface area contributed by atoms with E-state index in [-0.39, 0.29) is 32.2 Å². The molecule has 0 bridgehead atoms. The van der Waals surface area contributed by atoms with Crippen LogP contribution in [0.15, 0.2) is 18.2 Å². The molecule has 0 fully saturated rings. The van der Waals surface area contributed by atoms with E-state index in [0.29, 0.717) is 30.3 Å². The van der Waals surface area contributed by atoms with Crippen molar-refractivity contribution < 1.29 is 24.5 Å². The van der Waals surface area contributed by atoms with E-state index in [1.165, 1.54) is 4.90 Å². The van der Waals surface area contributed by atoms with E-state index in [1.54, 1.807) is 18.2 Å². The van der Waals surface area contributed by atoms with Gasteiger partial charge < -0.3 is 24.6 Å². The van der Waals surface area contributed by atoms with Gasteiger partial charge in [0.25, 0.3) is 5.91 Å². The van der Waals surface area contributed by atoms with Crippen molar-refractivity contribution in [1.82, 2.24) is 4.90 Å². The lowest BCUT2D eigenvalue weighted by Gasteiger charge is -2.22. The Kier molecular flexibility index (Phi) is 4.59. The number of carbonyl (C=O) groups is 1. The molecular weight excluding hydrogens is 250 g/mol. The summed E-state index contributed by atoms with van der Waals surface area (Å²) < 4.78 is 10.8. The topological polar surface area (TPSA) is 79.2 Å². The Hall–Kier alpha value is -1.79. The predicted molar refractivity (Wildman–Crippen MR) is 67.5 cm³/mol. The second-order valence-corrected chi connectivity index (χ2v) is 4.10. The fourth-order valence-electron chi connectivity index (χ4n) is 1.92. The molecule has 1 aliphatic heterocycles. The van der Waals surface area contributed by atoms with Crippen LogP contribution < -0.4 is 9.47 Å². The quantitative estimate of drug-likeness (QED) is 0.778. The Morgan fingerprint density at radius 2 is 1.74 bits per heavy atom. The molecule has 2 N–H and O–H groups in total. The van der Waals surface area contributed by atoms with Gasteiger partial charge in [0, 0.05) is 18.7 Å². The van der Waals surface area contributed by atoms with Crippen molar-refractivity contribution in [2.75, 3.05) is 39.5 Å². The minimum atomic E-state index is -0.250. The fourth-order valence-corrected chi connectivity index (χ4v) is 1.92. The maximum atomic E-state index is 12.2. The summed E-state index contributed by atoms with van der Waals surface area (Å²) in [6, 6.07) is 4.97. The highest BCUT2D eigenvalue weighted by molar-refractivity contribution is 5.95. The third-order valence-corrected chi connectivity index (χ3v) is 2.82. The minimum absolute atomic E-state index is 0.143. The first kappa shape index (κ1) is 13.6. The third kappa shape index (κ3) is 3.15. The third-order valence-electron chi connectivity index (χ3n) is 2.82. The zero-order chi connectivity index (χ0) is 13.7. The molecule has 0 spiro atoms. The number of hydrogen-bond acceptors (Lipinski definition) is 5. The van der Waals surface area contributed by atoms with E-state index in [9.17, 15) is 4.79 Å². The Morgan fingerprint density at radius 1 is 1.11 bits per heavy atom. The number of amides is 1. The van der Waals surface area contributed by atoms with Crippen molar-refractivity contribution in [1.29, 1.82) is 0 Å². The molecule has 0 aromatic heterocycles. The average Bonchev–Trinajstić information content (AvgIpc) is 2.46. The molecule has 19 heavy (non-hydrogen) atoms. The van der Waals surface area contributed by atoms with Gasteiger partial charge in [-0.25, -0.2) is 0 Å². The SMILES string of the molecule is O=C(c1ccc2c(c1)OCCO2)N(CCO)CCO. The molecule has 0 unspecified atom stereocenters. The monoisotopic (exact) mass is 267 g/mol. The Balaban J connectivity index is 2.17. The highest BCUT2D eigenvalue weighted by atomic mass is 16.6. The number of carbonyl (C=O) groups excluding carboxylic acids is 1. The molecule has 2 rings (SSSR count). The molecule has 0 saturated carbocycles. The molecule has 1 heterocycles. The molecule has 0 radical (unpaired) electrons. The van der Waals surface area contributed by atoms with Gasteiger partial charge in [0.1, 0.15) is 13.2 Å². The second kappa shape index (κ2) is 6.40. The van der Waals surface area contributed by atoms with Crippen LogP contribution in [0.4, 0.5) is 0 Å². The molecule has 0 aliphatic carbocycles. The maximum Gasteiger partial charge on any atom is 0.254 e. The number of ether oxygens (including phenoxy) is 2. The molecule has 0 atom stereocenters. The lowest BCUT2D eigenvalue weighted by atomic mass is 10.1. The smallest absolute Gasteiger partial charge is 0.254 e. The van der Waals surface area contributed by atoms with E-state index >= 15 is 0 Å². The molecule has 1 aromatic carbocycles. The minimum Gasteiger partial charge on any atom is -0.486 e. The molecule has 6 nitrogen and oxygen atoms in total. The number of aliphatic hydroxyl groups excluding tert-OH is 2.